The summed E-state index contributed by atoms with van der Waals surface area (Å²) in [5, 5.41) is 0. The summed E-state index contributed by atoms with van der Waals surface area (Å²) in [5.74, 6) is -0.347. The van der Waals surface area contributed by atoms with E-state index in [1.807, 2.05) is 0 Å². The molecule has 0 radical (unpaired) electrons. The number of aromatic amines is 1. The first-order valence-corrected chi connectivity index (χ1v) is 9.62. The van der Waals surface area contributed by atoms with Crippen molar-refractivity contribution in [2.45, 2.75) is 11.1 Å². The number of sulfonamides is 1. The minimum atomic E-state index is -3.76. The highest BCUT2D eigenvalue weighted by Gasteiger charge is 2.33. The minimum Gasteiger partial charge on any atom is -0.382 e. The van der Waals surface area contributed by atoms with Gasteiger partial charge in [-0.2, -0.15) is 4.31 Å². The topological polar surface area (TPSA) is 142 Å². The minimum absolute atomic E-state index is 0.00967. The van der Waals surface area contributed by atoms with Gasteiger partial charge in [-0.15, -0.1) is 0 Å². The van der Waals surface area contributed by atoms with Crippen molar-refractivity contribution in [2.75, 3.05) is 31.9 Å². The fraction of sp³-hybridized carbons (Fsp3) is 0.385. The second-order valence-electron chi connectivity index (χ2n) is 5.41. The molecule has 2 aromatic heterocycles. The number of H-pyrrole nitrogens is 1. The van der Waals surface area contributed by atoms with E-state index >= 15 is 0 Å². The predicted octanol–water partition coefficient (Wildman–Crippen LogP) is -0.736. The van der Waals surface area contributed by atoms with Gasteiger partial charge in [0.2, 0.25) is 0 Å². The van der Waals surface area contributed by atoms with E-state index in [0.29, 0.717) is 17.0 Å². The first kappa shape index (κ1) is 17.5. The highest BCUT2D eigenvalue weighted by Crippen LogP contribution is 2.22. The van der Waals surface area contributed by atoms with Gasteiger partial charge < -0.3 is 15.6 Å². The summed E-state index contributed by atoms with van der Waals surface area (Å²) < 4.78 is 26.6. The van der Waals surface area contributed by atoms with E-state index < -0.39 is 14.9 Å². The number of thiazole rings is 1. The standard InChI is InChI=1S/C13H16N6O4S2/c1-8-12(24-13(21)17-8)25(22,23)19-6-4-18(5-7-19)11(20)9-10(14)16-3-2-15-9/h2-3H,4-7H2,1H3,(H2,14,16)(H,17,21). The highest BCUT2D eigenvalue weighted by atomic mass is 32.2. The SMILES string of the molecule is Cc1[nH]c(=O)sc1S(=O)(=O)N1CCN(C(=O)c2nccnc2N)CC1. The first-order valence-electron chi connectivity index (χ1n) is 7.36. The van der Waals surface area contributed by atoms with E-state index in [1.54, 1.807) is 6.92 Å². The molecule has 0 spiro atoms. The second kappa shape index (κ2) is 6.54. The zero-order valence-electron chi connectivity index (χ0n) is 13.3. The number of aryl methyl sites for hydroxylation is 1. The van der Waals surface area contributed by atoms with Crippen LogP contribution in [0.5, 0.6) is 0 Å². The normalized spacial score (nSPS) is 16.1. The number of anilines is 1. The number of nitrogens with one attached hydrogen (secondary N) is 1. The van der Waals surface area contributed by atoms with Gasteiger partial charge in [-0.05, 0) is 6.92 Å². The molecule has 1 fully saturated rings. The van der Waals surface area contributed by atoms with E-state index in [4.69, 9.17) is 5.73 Å². The van der Waals surface area contributed by atoms with Gasteiger partial charge >= 0.3 is 4.87 Å². The van der Waals surface area contributed by atoms with Gasteiger partial charge in [-0.3, -0.25) is 9.59 Å². The molecule has 0 bridgehead atoms. The Labute approximate surface area is 147 Å². The summed E-state index contributed by atoms with van der Waals surface area (Å²) in [6.07, 6.45) is 2.77. The molecule has 25 heavy (non-hydrogen) atoms. The number of nitrogen functional groups attached to an aromatic ring is 1. The Kier molecular flexibility index (Phi) is 4.58. The van der Waals surface area contributed by atoms with Crippen molar-refractivity contribution in [2.24, 2.45) is 0 Å². The Bertz CT molecular complexity index is 959. The highest BCUT2D eigenvalue weighted by molar-refractivity contribution is 7.91. The fourth-order valence-corrected chi connectivity index (χ4v) is 5.41. The monoisotopic (exact) mass is 384 g/mol. The average Bonchev–Trinajstić information content (AvgIpc) is 2.94. The zero-order valence-corrected chi connectivity index (χ0v) is 14.9. The lowest BCUT2D eigenvalue weighted by molar-refractivity contribution is 0.0693. The van der Waals surface area contributed by atoms with E-state index in [-0.39, 0.29) is 47.8 Å². The molecule has 3 heterocycles. The quantitative estimate of drug-likeness (QED) is 0.710. The smallest absolute Gasteiger partial charge is 0.305 e. The fourth-order valence-electron chi connectivity index (χ4n) is 2.55. The van der Waals surface area contributed by atoms with Gasteiger partial charge in [0, 0.05) is 44.3 Å². The number of hydrogen-bond acceptors (Lipinski definition) is 8. The maximum atomic E-state index is 12.7. The lowest BCUT2D eigenvalue weighted by Gasteiger charge is -2.33. The predicted molar refractivity (Wildman–Crippen MR) is 90.8 cm³/mol. The lowest BCUT2D eigenvalue weighted by atomic mass is 10.3. The van der Waals surface area contributed by atoms with Crippen LogP contribution in [-0.4, -0.2) is 64.7 Å². The number of rotatable bonds is 3. The van der Waals surface area contributed by atoms with Gasteiger partial charge in [0.15, 0.2) is 15.7 Å². The summed E-state index contributed by atoms with van der Waals surface area (Å²) >= 11 is 0.665. The number of nitrogens with zero attached hydrogens (tertiary/aromatic N) is 4. The molecule has 3 N–H and O–H groups in total. The van der Waals surface area contributed by atoms with Crippen LogP contribution in [0.4, 0.5) is 5.82 Å². The Morgan fingerprint density at radius 2 is 1.88 bits per heavy atom. The number of aromatic nitrogens is 3. The van der Waals surface area contributed by atoms with Crippen molar-refractivity contribution < 1.29 is 13.2 Å². The second-order valence-corrected chi connectivity index (χ2v) is 8.53. The van der Waals surface area contributed by atoms with Crippen molar-refractivity contribution in [3.8, 4) is 0 Å². The van der Waals surface area contributed by atoms with Crippen LogP contribution in [0, 0.1) is 6.92 Å². The molecule has 1 saturated heterocycles. The Morgan fingerprint density at radius 1 is 1.24 bits per heavy atom. The van der Waals surface area contributed by atoms with Gasteiger partial charge in [0.05, 0.1) is 0 Å². The third-order valence-corrected chi connectivity index (χ3v) is 7.29. The Balaban J connectivity index is 1.74. The molecule has 0 aromatic carbocycles. The van der Waals surface area contributed by atoms with Crippen LogP contribution in [0.25, 0.3) is 0 Å². The molecule has 134 valence electrons. The van der Waals surface area contributed by atoms with Crippen LogP contribution >= 0.6 is 11.3 Å². The average molecular weight is 384 g/mol. The molecule has 1 amide bonds. The van der Waals surface area contributed by atoms with Crippen LogP contribution in [0.2, 0.25) is 0 Å². The maximum absolute atomic E-state index is 12.7. The third kappa shape index (κ3) is 3.27. The molecule has 0 atom stereocenters. The van der Waals surface area contributed by atoms with Gasteiger partial charge in [0.1, 0.15) is 0 Å². The van der Waals surface area contributed by atoms with E-state index in [1.165, 1.54) is 21.6 Å². The molecule has 1 aliphatic heterocycles. The number of amides is 1. The molecule has 12 heteroatoms. The third-order valence-electron chi connectivity index (χ3n) is 3.81. The summed E-state index contributed by atoms with van der Waals surface area (Å²) in [6.45, 7) is 2.19. The van der Waals surface area contributed by atoms with Gasteiger partial charge in [0.25, 0.3) is 15.9 Å². The van der Waals surface area contributed by atoms with Crippen LogP contribution in [0.3, 0.4) is 0 Å². The number of nitrogens with two attached hydrogens (primary N) is 1. The maximum Gasteiger partial charge on any atom is 0.305 e. The summed E-state index contributed by atoms with van der Waals surface area (Å²) in [5.41, 5.74) is 6.03. The molecule has 2 aromatic rings. The number of carbonyl (C=O) groups excluding carboxylic acids is 1. The Morgan fingerprint density at radius 3 is 2.44 bits per heavy atom. The molecule has 0 unspecified atom stereocenters. The zero-order chi connectivity index (χ0) is 18.2. The van der Waals surface area contributed by atoms with E-state index in [2.05, 4.69) is 15.0 Å². The van der Waals surface area contributed by atoms with Crippen molar-refractivity contribution in [3.05, 3.63) is 33.4 Å². The van der Waals surface area contributed by atoms with Crippen molar-refractivity contribution in [1.29, 1.82) is 0 Å². The Hall–Kier alpha value is -2.31. The van der Waals surface area contributed by atoms with Gasteiger partial charge in [-0.1, -0.05) is 11.3 Å². The molecule has 0 aliphatic carbocycles. The number of carbonyl (C=O) groups is 1. The van der Waals surface area contributed by atoms with Crippen LogP contribution in [0.1, 0.15) is 16.2 Å². The van der Waals surface area contributed by atoms with Crippen LogP contribution < -0.4 is 10.6 Å². The van der Waals surface area contributed by atoms with E-state index in [9.17, 15) is 18.0 Å². The summed E-state index contributed by atoms with van der Waals surface area (Å²) in [6, 6.07) is 0. The molecule has 0 saturated carbocycles. The van der Waals surface area contributed by atoms with Crippen LogP contribution in [0.15, 0.2) is 21.4 Å². The molecule has 3 rings (SSSR count). The largest absolute Gasteiger partial charge is 0.382 e. The van der Waals surface area contributed by atoms with Gasteiger partial charge in [-0.25, -0.2) is 18.4 Å². The van der Waals surface area contributed by atoms with Crippen molar-refractivity contribution in [3.63, 3.8) is 0 Å². The van der Waals surface area contributed by atoms with Crippen LogP contribution in [-0.2, 0) is 10.0 Å². The van der Waals surface area contributed by atoms with E-state index in [0.717, 1.165) is 0 Å². The number of hydrogen-bond donors (Lipinski definition) is 2. The first-order chi connectivity index (χ1) is 11.8. The lowest BCUT2D eigenvalue weighted by Crippen LogP contribution is -2.50. The number of piperazine rings is 1. The van der Waals surface area contributed by atoms with Crippen molar-refractivity contribution in [1.82, 2.24) is 24.2 Å². The molecular formula is C13H16N6O4S2. The molecule has 10 nitrogen and oxygen atoms in total. The molecular weight excluding hydrogens is 368 g/mol. The molecule has 1 aliphatic rings. The summed E-state index contributed by atoms with van der Waals surface area (Å²) in [4.78, 5) is 35.1. The summed E-state index contributed by atoms with van der Waals surface area (Å²) in [7, 11) is -3.76. The van der Waals surface area contributed by atoms with Crippen molar-refractivity contribution >= 4 is 33.1 Å².